The monoisotopic (exact) mass is 980 g/mol. The molecule has 0 spiro atoms. The third-order valence-corrected chi connectivity index (χ3v) is 15.2. The molecule has 4 saturated heterocycles. The van der Waals surface area contributed by atoms with Crippen LogP contribution in [-0.4, -0.2) is 177 Å². The lowest BCUT2D eigenvalue weighted by atomic mass is 9.74. The second-order valence-corrected chi connectivity index (χ2v) is 20.7. The van der Waals surface area contributed by atoms with E-state index < -0.39 is 131 Å². The summed E-state index contributed by atoms with van der Waals surface area (Å²) in [5, 5.41) is 59.8. The number of likely N-dealkylation sites (N-methyl/N-ethyl adjacent to an activating group) is 2. The average molecular weight is 980 g/mol. The lowest BCUT2D eigenvalue weighted by Gasteiger charge is -2.49. The maximum Gasteiger partial charge on any atom is 0.330 e. The number of esters is 1. The molecule has 4 fully saturated rings. The van der Waals surface area contributed by atoms with Crippen LogP contribution in [0.2, 0.25) is 0 Å². The van der Waals surface area contributed by atoms with Crippen molar-refractivity contribution in [3.05, 3.63) is 35.9 Å². The number of imide groups is 2. The second kappa shape index (κ2) is 22.9. The summed E-state index contributed by atoms with van der Waals surface area (Å²) < 4.78 is 37.1. The van der Waals surface area contributed by atoms with Crippen molar-refractivity contribution in [3.63, 3.8) is 0 Å². The number of aliphatic hydroxyl groups is 5. The number of hydrogen-bond acceptors (Lipinski definition) is 17. The lowest BCUT2D eigenvalue weighted by Crippen LogP contribution is -2.64. The van der Waals surface area contributed by atoms with Gasteiger partial charge in [0.2, 0.25) is 5.91 Å². The fraction of sp³-hybridized carbons (Fsp3) is 0.780. The topological polar surface area (TPSA) is 260 Å². The molecule has 4 heterocycles. The van der Waals surface area contributed by atoms with Crippen LogP contribution in [0.5, 0.6) is 0 Å². The molecule has 1 aromatic rings. The van der Waals surface area contributed by atoms with Gasteiger partial charge in [0.15, 0.2) is 18.0 Å². The highest BCUT2D eigenvalue weighted by molar-refractivity contribution is 6.22. The van der Waals surface area contributed by atoms with Gasteiger partial charge in [-0.15, -0.1) is 0 Å². The van der Waals surface area contributed by atoms with Crippen LogP contribution in [0.15, 0.2) is 30.3 Å². The highest BCUT2D eigenvalue weighted by atomic mass is 16.7. The van der Waals surface area contributed by atoms with Crippen molar-refractivity contribution in [2.75, 3.05) is 28.3 Å². The Balaban J connectivity index is 0.000000478. The van der Waals surface area contributed by atoms with Gasteiger partial charge in [-0.3, -0.25) is 29.4 Å². The Morgan fingerprint density at radius 2 is 1.46 bits per heavy atom. The molecule has 0 radical (unpaired) electrons. The van der Waals surface area contributed by atoms with Crippen LogP contribution >= 0.6 is 0 Å². The SMILES string of the molecule is CCC1(c2ccccc2)C(=O)NC(=O)N(C)C1=O.CC[C@H]1OC(=O)[C@H](C)[C@@H](O[C@H]2C[C@@](C)(OC)[C@@H](O)[C@H](C)O2)[C@H](C)[C@@H](O[C@@H]2O[C@H](C)C[C@H](N(C)C)[C@H]2O)[C@](C)(O)C[C@@H](C)C(=O)[C@H](C)[C@@H](O)[C@]1(C)O. The maximum absolute atomic E-state index is 14.1. The summed E-state index contributed by atoms with van der Waals surface area (Å²) in [4.78, 5) is 66.6. The minimum Gasteiger partial charge on any atom is -0.459 e. The van der Waals surface area contributed by atoms with Crippen molar-refractivity contribution >= 4 is 29.6 Å². The summed E-state index contributed by atoms with van der Waals surface area (Å²) in [5.74, 6) is -6.01. The smallest absolute Gasteiger partial charge is 0.330 e. The van der Waals surface area contributed by atoms with Crippen LogP contribution in [0.4, 0.5) is 4.79 Å². The average Bonchev–Trinajstić information content (AvgIpc) is 3.29. The Morgan fingerprint density at radius 3 is 2.01 bits per heavy atom. The van der Waals surface area contributed by atoms with Crippen molar-refractivity contribution in [3.8, 4) is 0 Å². The first-order valence-electron chi connectivity index (χ1n) is 24.2. The zero-order valence-corrected chi connectivity index (χ0v) is 43.2. The number of barbiturate groups is 1. The normalized spacial score (nSPS) is 43.1. The van der Waals surface area contributed by atoms with Gasteiger partial charge in [-0.2, -0.15) is 0 Å². The van der Waals surface area contributed by atoms with Crippen molar-refractivity contribution < 1.29 is 77.9 Å². The van der Waals surface area contributed by atoms with Crippen LogP contribution in [0, 0.1) is 23.7 Å². The number of amides is 4. The number of Topliss-reactive ketones (excluding diaryl/α,β-unsaturated/α-hetero) is 1. The Kier molecular flexibility index (Phi) is 19.3. The number of ether oxygens (including phenoxy) is 6. The van der Waals surface area contributed by atoms with E-state index in [4.69, 9.17) is 28.4 Å². The third kappa shape index (κ3) is 12.1. The molecule has 19 nitrogen and oxygen atoms in total. The first kappa shape index (κ1) is 58.1. The minimum atomic E-state index is -1.99. The van der Waals surface area contributed by atoms with Gasteiger partial charge in [0, 0.05) is 44.4 Å². The fourth-order valence-corrected chi connectivity index (χ4v) is 10.7. The fourth-order valence-electron chi connectivity index (χ4n) is 10.7. The molecule has 0 aromatic heterocycles. The summed E-state index contributed by atoms with van der Waals surface area (Å²) in [6.07, 6.45) is -9.40. The Labute approximate surface area is 407 Å². The maximum atomic E-state index is 14.1. The van der Waals surface area contributed by atoms with Crippen LogP contribution < -0.4 is 5.32 Å². The zero-order valence-electron chi connectivity index (χ0n) is 43.2. The molecule has 0 aliphatic carbocycles. The van der Waals surface area contributed by atoms with Crippen LogP contribution in [0.1, 0.15) is 114 Å². The predicted molar refractivity (Wildman–Crippen MR) is 251 cm³/mol. The summed E-state index contributed by atoms with van der Waals surface area (Å²) in [6, 6.07) is 7.80. The molecular formula is C50H81N3O16. The van der Waals surface area contributed by atoms with E-state index in [1.165, 1.54) is 34.9 Å². The molecule has 1 aromatic carbocycles. The van der Waals surface area contributed by atoms with E-state index >= 15 is 0 Å². The number of nitrogens with zero attached hydrogens (tertiary/aromatic N) is 2. The van der Waals surface area contributed by atoms with Crippen LogP contribution in [0.25, 0.3) is 0 Å². The summed E-state index contributed by atoms with van der Waals surface area (Å²) in [7, 11) is 6.55. The lowest BCUT2D eigenvalue weighted by molar-refractivity contribution is -0.318. The molecule has 19 heteroatoms. The molecule has 19 atom stereocenters. The molecule has 1 unspecified atom stereocenters. The van der Waals surface area contributed by atoms with Gasteiger partial charge < -0.3 is 58.9 Å². The second-order valence-electron chi connectivity index (χ2n) is 20.7. The number of cyclic esters (lactones) is 1. The van der Waals surface area contributed by atoms with Crippen molar-refractivity contribution in [2.24, 2.45) is 23.7 Å². The molecule has 5 rings (SSSR count). The van der Waals surface area contributed by atoms with E-state index in [1.807, 2.05) is 32.0 Å². The number of urea groups is 1. The molecule has 4 amide bonds. The summed E-state index contributed by atoms with van der Waals surface area (Å²) in [5.41, 5.74) is -5.53. The Hall–Kier alpha value is -3.47. The molecule has 392 valence electrons. The van der Waals surface area contributed by atoms with Gasteiger partial charge in [0.1, 0.15) is 29.7 Å². The van der Waals surface area contributed by atoms with E-state index in [-0.39, 0.29) is 31.4 Å². The molecule has 69 heavy (non-hydrogen) atoms. The number of benzene rings is 1. The number of rotatable bonds is 9. The number of carbonyl (C=O) groups is 5. The molecule has 6 N–H and O–H groups in total. The molecule has 0 bridgehead atoms. The van der Waals surface area contributed by atoms with Gasteiger partial charge in [0.25, 0.3) is 5.91 Å². The first-order valence-corrected chi connectivity index (χ1v) is 24.2. The van der Waals surface area contributed by atoms with Gasteiger partial charge in [-0.05, 0) is 86.9 Å². The zero-order chi connectivity index (χ0) is 52.3. The van der Waals surface area contributed by atoms with E-state index in [9.17, 15) is 49.5 Å². The van der Waals surface area contributed by atoms with Gasteiger partial charge in [-0.1, -0.05) is 65.0 Å². The highest BCUT2D eigenvalue weighted by Crippen LogP contribution is 2.41. The van der Waals surface area contributed by atoms with E-state index in [2.05, 4.69) is 5.32 Å². The van der Waals surface area contributed by atoms with Gasteiger partial charge in [0.05, 0.1) is 47.6 Å². The number of methoxy groups -OCH3 is 1. The number of ketones is 1. The third-order valence-electron chi connectivity index (χ3n) is 15.2. The molecule has 4 aliphatic heterocycles. The Morgan fingerprint density at radius 1 is 0.855 bits per heavy atom. The van der Waals surface area contributed by atoms with Crippen LogP contribution in [-0.2, 0) is 53.0 Å². The van der Waals surface area contributed by atoms with E-state index in [0.29, 0.717) is 18.4 Å². The molecular weight excluding hydrogens is 899 g/mol. The van der Waals surface area contributed by atoms with Crippen molar-refractivity contribution in [1.29, 1.82) is 0 Å². The molecule has 0 saturated carbocycles. The van der Waals surface area contributed by atoms with Crippen LogP contribution in [0.3, 0.4) is 0 Å². The molecule has 4 aliphatic rings. The highest BCUT2D eigenvalue weighted by Gasteiger charge is 2.55. The van der Waals surface area contributed by atoms with E-state index in [1.54, 1.807) is 72.7 Å². The summed E-state index contributed by atoms with van der Waals surface area (Å²) >= 11 is 0. The van der Waals surface area contributed by atoms with E-state index in [0.717, 1.165) is 4.90 Å². The minimum absolute atomic E-state index is 0.0936. The number of nitrogens with one attached hydrogen (secondary N) is 1. The quantitative estimate of drug-likeness (QED) is 0.154. The van der Waals surface area contributed by atoms with Gasteiger partial charge >= 0.3 is 12.0 Å². The Bertz CT molecular complexity index is 1940. The first-order chi connectivity index (χ1) is 32.0. The number of hydrogen-bond donors (Lipinski definition) is 6. The van der Waals surface area contributed by atoms with Crippen molar-refractivity contribution in [2.45, 2.75) is 198 Å². The van der Waals surface area contributed by atoms with Crippen molar-refractivity contribution in [1.82, 2.24) is 15.1 Å². The summed E-state index contributed by atoms with van der Waals surface area (Å²) in [6.45, 7) is 18.1. The standard InChI is InChI=1S/C37H67NO13.C13H14N2O3/c1-14-25-37(10,45)30(41)20(4)27(39)18(2)16-35(8,44)32(51-34-28(40)24(38(11)12)15-19(3)47-34)21(5)29(22(6)33(43)49-25)50-26-17-36(9,46-13)31(42)23(7)48-26;1-3-13(9-7-5-4-6-8-9)10(16)14-12(18)15(2)11(13)17/h18-26,28-32,34,40-42,44-45H,14-17H2,1-13H3;4-8H,3H2,1-2H3,(H,14,16,18)/t18-,19-,20+,21+,22-,23+,24+,25-,26+,28-,29+,30-,31+,32-,34+,35-,36-,37-;/m1./s1. The number of carbonyl (C=O) groups excluding carboxylic acids is 5. The predicted octanol–water partition coefficient (Wildman–Crippen LogP) is 2.83. The van der Waals surface area contributed by atoms with Gasteiger partial charge in [-0.25, -0.2) is 4.79 Å². The largest absolute Gasteiger partial charge is 0.459 e. The number of aliphatic hydroxyl groups excluding tert-OH is 3.